The minimum atomic E-state index is -0.653. The van der Waals surface area contributed by atoms with E-state index in [2.05, 4.69) is 53.8 Å². The summed E-state index contributed by atoms with van der Waals surface area (Å²) in [4.78, 5) is 0. The highest BCUT2D eigenvalue weighted by molar-refractivity contribution is 5.78. The molecule has 0 saturated heterocycles. The van der Waals surface area contributed by atoms with E-state index in [1.165, 1.54) is 22.3 Å². The molecule has 3 aromatic carbocycles. The van der Waals surface area contributed by atoms with Gasteiger partial charge in [0.2, 0.25) is 0 Å². The fourth-order valence-corrected chi connectivity index (χ4v) is 4.08. The summed E-state index contributed by atoms with van der Waals surface area (Å²) >= 11 is 0. The van der Waals surface area contributed by atoms with Gasteiger partial charge in [-0.05, 0) is 53.8 Å². The normalized spacial score (nSPS) is 13.8. The molecule has 1 aliphatic carbocycles. The van der Waals surface area contributed by atoms with Crippen LogP contribution in [0.1, 0.15) is 36.6 Å². The number of allylic oxidation sites excluding steroid dienone is 1. The summed E-state index contributed by atoms with van der Waals surface area (Å²) in [5.74, 6) is 1.34. The molecule has 0 radical (unpaired) electrons. The van der Waals surface area contributed by atoms with E-state index in [9.17, 15) is 5.11 Å². The second-order valence-electron chi connectivity index (χ2n) is 7.62. The van der Waals surface area contributed by atoms with Crippen LogP contribution >= 0.6 is 0 Å². The lowest BCUT2D eigenvalue weighted by Crippen LogP contribution is -2.33. The molecule has 0 spiro atoms. The van der Waals surface area contributed by atoms with E-state index in [1.54, 1.807) is 0 Å². The van der Waals surface area contributed by atoms with Gasteiger partial charge in [-0.1, -0.05) is 66.7 Å². The average Bonchev–Trinajstić information content (AvgIpc) is 3.12. The van der Waals surface area contributed by atoms with Crippen molar-refractivity contribution in [3.63, 3.8) is 0 Å². The Balaban J connectivity index is 1.41. The molecular formula is C27H29NO3. The number of ether oxygens (including phenoxy) is 2. The molecule has 4 heteroatoms. The number of fused-ring (bicyclic) bond motifs is 3. The molecule has 0 fully saturated rings. The van der Waals surface area contributed by atoms with Crippen molar-refractivity contribution in [2.24, 2.45) is 0 Å². The maximum absolute atomic E-state index is 10.6. The number of aliphatic hydroxyl groups is 1. The first-order valence-corrected chi connectivity index (χ1v) is 10.8. The van der Waals surface area contributed by atoms with Gasteiger partial charge in [0, 0.05) is 6.54 Å². The summed E-state index contributed by atoms with van der Waals surface area (Å²) in [5, 5.41) is 14.1. The zero-order valence-electron chi connectivity index (χ0n) is 18.0. The van der Waals surface area contributed by atoms with Gasteiger partial charge in [0.25, 0.3) is 0 Å². The third kappa shape index (κ3) is 4.66. The molecule has 31 heavy (non-hydrogen) atoms. The van der Waals surface area contributed by atoms with E-state index in [0.717, 1.165) is 5.56 Å². The van der Waals surface area contributed by atoms with Crippen LogP contribution in [-0.4, -0.2) is 31.0 Å². The third-order valence-corrected chi connectivity index (χ3v) is 5.45. The van der Waals surface area contributed by atoms with Crippen molar-refractivity contribution in [3.8, 4) is 22.6 Å². The fraction of sp³-hybridized carbons (Fsp3) is 0.259. The SMILES string of the molecule is C/C=C\c1ccc(OCC)c(OCC(O)CNC2c3ccccc3-c3ccccc32)c1. The maximum Gasteiger partial charge on any atom is 0.161 e. The van der Waals surface area contributed by atoms with Crippen molar-refractivity contribution in [2.75, 3.05) is 19.8 Å². The summed E-state index contributed by atoms with van der Waals surface area (Å²) in [7, 11) is 0. The predicted octanol–water partition coefficient (Wildman–Crippen LogP) is 5.22. The zero-order chi connectivity index (χ0) is 21.6. The molecule has 1 aliphatic rings. The van der Waals surface area contributed by atoms with E-state index in [4.69, 9.17) is 9.47 Å². The Hall–Kier alpha value is -3.08. The van der Waals surface area contributed by atoms with Crippen molar-refractivity contribution in [1.29, 1.82) is 0 Å². The van der Waals surface area contributed by atoms with E-state index < -0.39 is 6.10 Å². The molecule has 0 bridgehead atoms. The number of aliphatic hydroxyl groups excluding tert-OH is 1. The standard InChI is InChI=1S/C27H29NO3/c1-3-9-19-14-15-25(30-4-2)26(16-19)31-18-20(29)17-28-27-23-12-7-5-10-21(23)22-11-6-8-13-24(22)27/h3,5-16,20,27-29H,4,17-18H2,1-2H3/b9-3-. The van der Waals surface area contributed by atoms with Crippen LogP contribution in [0.15, 0.2) is 72.8 Å². The van der Waals surface area contributed by atoms with Crippen LogP contribution < -0.4 is 14.8 Å². The van der Waals surface area contributed by atoms with Crippen LogP contribution in [0.25, 0.3) is 17.2 Å². The van der Waals surface area contributed by atoms with Crippen LogP contribution in [0.5, 0.6) is 11.5 Å². The van der Waals surface area contributed by atoms with Crippen molar-refractivity contribution in [1.82, 2.24) is 5.32 Å². The van der Waals surface area contributed by atoms with E-state index in [-0.39, 0.29) is 12.6 Å². The van der Waals surface area contributed by atoms with E-state index in [1.807, 2.05) is 44.2 Å². The van der Waals surface area contributed by atoms with Crippen LogP contribution in [0.4, 0.5) is 0 Å². The number of rotatable bonds is 9. The van der Waals surface area contributed by atoms with Gasteiger partial charge in [0.05, 0.1) is 12.6 Å². The zero-order valence-corrected chi connectivity index (χ0v) is 18.0. The number of hydrogen-bond acceptors (Lipinski definition) is 4. The van der Waals surface area contributed by atoms with Gasteiger partial charge >= 0.3 is 0 Å². The van der Waals surface area contributed by atoms with Crippen LogP contribution in [0.2, 0.25) is 0 Å². The average molecular weight is 416 g/mol. The summed E-state index contributed by atoms with van der Waals surface area (Å²) < 4.78 is 11.6. The molecule has 160 valence electrons. The lowest BCUT2D eigenvalue weighted by atomic mass is 10.1. The number of hydrogen-bond donors (Lipinski definition) is 2. The highest BCUT2D eigenvalue weighted by atomic mass is 16.5. The van der Waals surface area contributed by atoms with Gasteiger partial charge in [0.1, 0.15) is 12.7 Å². The Bertz CT molecular complexity index is 1010. The monoisotopic (exact) mass is 415 g/mol. The second kappa shape index (κ2) is 9.82. The molecule has 0 amide bonds. The van der Waals surface area contributed by atoms with Gasteiger partial charge in [-0.25, -0.2) is 0 Å². The Kier molecular flexibility index (Phi) is 6.70. The molecule has 0 aliphatic heterocycles. The van der Waals surface area contributed by atoms with Gasteiger partial charge in [-0.3, -0.25) is 0 Å². The Morgan fingerprint density at radius 3 is 2.26 bits per heavy atom. The van der Waals surface area contributed by atoms with Crippen molar-refractivity contribution >= 4 is 6.08 Å². The molecule has 0 aromatic heterocycles. The van der Waals surface area contributed by atoms with Crippen molar-refractivity contribution < 1.29 is 14.6 Å². The van der Waals surface area contributed by atoms with Gasteiger partial charge < -0.3 is 19.9 Å². The topological polar surface area (TPSA) is 50.7 Å². The summed E-state index contributed by atoms with van der Waals surface area (Å²) in [5.41, 5.74) is 6.03. The molecule has 4 rings (SSSR count). The van der Waals surface area contributed by atoms with Crippen LogP contribution in [0.3, 0.4) is 0 Å². The second-order valence-corrected chi connectivity index (χ2v) is 7.62. The molecule has 2 N–H and O–H groups in total. The van der Waals surface area contributed by atoms with Crippen LogP contribution in [-0.2, 0) is 0 Å². The summed E-state index contributed by atoms with van der Waals surface area (Å²) in [6.07, 6.45) is 3.34. The minimum absolute atomic E-state index is 0.0686. The first-order valence-electron chi connectivity index (χ1n) is 10.8. The summed E-state index contributed by atoms with van der Waals surface area (Å²) in [6.45, 7) is 5.09. The molecule has 0 saturated carbocycles. The molecule has 1 atom stereocenters. The van der Waals surface area contributed by atoms with Gasteiger partial charge in [-0.15, -0.1) is 0 Å². The van der Waals surface area contributed by atoms with Gasteiger partial charge in [-0.2, -0.15) is 0 Å². The highest BCUT2D eigenvalue weighted by Gasteiger charge is 2.28. The Labute approximate surface area is 184 Å². The first-order chi connectivity index (χ1) is 15.2. The van der Waals surface area contributed by atoms with Crippen molar-refractivity contribution in [2.45, 2.75) is 26.0 Å². The van der Waals surface area contributed by atoms with Crippen LogP contribution in [0, 0.1) is 0 Å². The third-order valence-electron chi connectivity index (χ3n) is 5.45. The predicted molar refractivity (Wildman–Crippen MR) is 126 cm³/mol. The smallest absolute Gasteiger partial charge is 0.161 e. The summed E-state index contributed by atoms with van der Waals surface area (Å²) in [6, 6.07) is 22.8. The fourth-order valence-electron chi connectivity index (χ4n) is 4.08. The molecule has 0 heterocycles. The van der Waals surface area contributed by atoms with Gasteiger partial charge in [0.15, 0.2) is 11.5 Å². The molecular weight excluding hydrogens is 386 g/mol. The Morgan fingerprint density at radius 2 is 1.61 bits per heavy atom. The molecule has 3 aromatic rings. The quantitative estimate of drug-likeness (QED) is 0.503. The largest absolute Gasteiger partial charge is 0.490 e. The number of benzene rings is 3. The number of nitrogens with one attached hydrogen (secondary N) is 1. The van der Waals surface area contributed by atoms with E-state index in [0.29, 0.717) is 24.7 Å². The Morgan fingerprint density at radius 1 is 0.935 bits per heavy atom. The molecule has 4 nitrogen and oxygen atoms in total. The highest BCUT2D eigenvalue weighted by Crippen LogP contribution is 2.42. The van der Waals surface area contributed by atoms with E-state index >= 15 is 0 Å². The lowest BCUT2D eigenvalue weighted by Gasteiger charge is -2.20. The van der Waals surface area contributed by atoms with Crippen molar-refractivity contribution in [3.05, 3.63) is 89.5 Å². The first kappa shape index (κ1) is 21.2. The maximum atomic E-state index is 10.6. The molecule has 1 unspecified atom stereocenters. The minimum Gasteiger partial charge on any atom is -0.490 e. The lowest BCUT2D eigenvalue weighted by molar-refractivity contribution is 0.102.